The molecule has 0 aromatic heterocycles. The highest BCUT2D eigenvalue weighted by Crippen LogP contribution is 2.33. The molecule has 3 amide bonds. The number of nitrogens with zero attached hydrogens (tertiary/aromatic N) is 1. The highest BCUT2D eigenvalue weighted by Gasteiger charge is 2.15. The van der Waals surface area contributed by atoms with E-state index in [1.54, 1.807) is 12.1 Å². The molecule has 0 unspecified atom stereocenters. The van der Waals surface area contributed by atoms with Gasteiger partial charge in [0.25, 0.3) is 5.91 Å². The number of hydrazone groups is 1. The molecule has 3 N–H and O–H groups in total. The van der Waals surface area contributed by atoms with E-state index >= 15 is 0 Å². The van der Waals surface area contributed by atoms with Crippen LogP contribution in [-0.2, 0) is 19.1 Å². The van der Waals surface area contributed by atoms with Crippen LogP contribution in [0.1, 0.15) is 31.4 Å². The molecular formula is C25H31IN4O6. The number of ether oxygens (including phenoxy) is 3. The number of aryl methyl sites for hydroxylation is 1. The first-order valence-electron chi connectivity index (χ1n) is 11.3. The lowest BCUT2D eigenvalue weighted by Crippen LogP contribution is -2.38. The maximum atomic E-state index is 12.3. The lowest BCUT2D eigenvalue weighted by Gasteiger charge is -2.14. The molecule has 0 atom stereocenters. The number of anilines is 1. The van der Waals surface area contributed by atoms with Crippen LogP contribution in [0, 0.1) is 10.5 Å². The summed E-state index contributed by atoms with van der Waals surface area (Å²) in [6.45, 7) is 6.36. The Morgan fingerprint density at radius 3 is 2.58 bits per heavy atom. The first-order valence-corrected chi connectivity index (χ1v) is 12.4. The SMILES string of the molecule is COc1cc(/C=N\NC(=O)C(=O)NCCCOC(C)C)cc(I)c1OCC(=O)Nc1ccccc1C. The maximum Gasteiger partial charge on any atom is 0.329 e. The fourth-order valence-corrected chi connectivity index (χ4v) is 3.66. The van der Waals surface area contributed by atoms with Gasteiger partial charge in [-0.15, -0.1) is 0 Å². The summed E-state index contributed by atoms with van der Waals surface area (Å²) in [7, 11) is 1.48. The molecule has 0 aliphatic rings. The predicted molar refractivity (Wildman–Crippen MR) is 145 cm³/mol. The molecule has 0 aliphatic heterocycles. The molecule has 0 heterocycles. The molecular weight excluding hydrogens is 579 g/mol. The predicted octanol–water partition coefficient (Wildman–Crippen LogP) is 3.01. The molecule has 0 aliphatic carbocycles. The molecule has 0 radical (unpaired) electrons. The first kappa shape index (κ1) is 29.0. The summed E-state index contributed by atoms with van der Waals surface area (Å²) in [6.07, 6.45) is 2.09. The van der Waals surface area contributed by atoms with Gasteiger partial charge in [-0.3, -0.25) is 14.4 Å². The van der Waals surface area contributed by atoms with Crippen molar-refractivity contribution in [1.82, 2.24) is 10.7 Å². The molecule has 0 spiro atoms. The van der Waals surface area contributed by atoms with E-state index in [-0.39, 0.29) is 18.6 Å². The van der Waals surface area contributed by atoms with Gasteiger partial charge in [-0.25, -0.2) is 5.43 Å². The van der Waals surface area contributed by atoms with Crippen LogP contribution in [0.2, 0.25) is 0 Å². The van der Waals surface area contributed by atoms with Crippen LogP contribution in [0.3, 0.4) is 0 Å². The van der Waals surface area contributed by atoms with Crippen LogP contribution in [0.25, 0.3) is 0 Å². The molecule has 36 heavy (non-hydrogen) atoms. The molecule has 0 bridgehead atoms. The topological polar surface area (TPSA) is 127 Å². The van der Waals surface area contributed by atoms with E-state index in [9.17, 15) is 14.4 Å². The van der Waals surface area contributed by atoms with Gasteiger partial charge in [0.1, 0.15) is 0 Å². The van der Waals surface area contributed by atoms with Gasteiger partial charge in [0.05, 0.1) is 23.0 Å². The van der Waals surface area contributed by atoms with E-state index in [4.69, 9.17) is 14.2 Å². The van der Waals surface area contributed by atoms with Crippen molar-refractivity contribution in [2.45, 2.75) is 33.3 Å². The third-order valence-corrected chi connectivity index (χ3v) is 5.46. The second kappa shape index (κ2) is 15.0. The highest BCUT2D eigenvalue weighted by atomic mass is 127. The van der Waals surface area contributed by atoms with Crippen LogP contribution >= 0.6 is 22.6 Å². The maximum absolute atomic E-state index is 12.3. The molecule has 2 aromatic carbocycles. The lowest BCUT2D eigenvalue weighted by atomic mass is 10.2. The fraction of sp³-hybridized carbons (Fsp3) is 0.360. The number of carbonyl (C=O) groups is 3. The Morgan fingerprint density at radius 2 is 1.89 bits per heavy atom. The summed E-state index contributed by atoms with van der Waals surface area (Å²) in [5.41, 5.74) is 4.45. The largest absolute Gasteiger partial charge is 0.493 e. The van der Waals surface area contributed by atoms with Crippen molar-refractivity contribution >= 4 is 52.2 Å². The standard InChI is InChI=1S/C25H31IN4O6/c1-16(2)35-11-7-10-27-24(32)25(33)30-28-14-18-12-19(26)23(21(13-18)34-4)36-15-22(31)29-20-9-6-5-8-17(20)3/h5-6,8-9,12-14,16H,7,10-11,15H2,1-4H3,(H,27,32)(H,29,31)(H,30,33)/b28-14-. The van der Waals surface area contributed by atoms with Crippen molar-refractivity contribution in [3.8, 4) is 11.5 Å². The summed E-state index contributed by atoms with van der Waals surface area (Å²) in [5.74, 6) is -1.17. The zero-order valence-corrected chi connectivity index (χ0v) is 22.9. The zero-order chi connectivity index (χ0) is 26.5. The third-order valence-electron chi connectivity index (χ3n) is 4.66. The number of halogens is 1. The molecule has 0 fully saturated rings. The van der Waals surface area contributed by atoms with Crippen molar-refractivity contribution in [2.75, 3.05) is 32.2 Å². The number of amides is 3. The number of hydrogen-bond donors (Lipinski definition) is 3. The Balaban J connectivity index is 1.89. The van der Waals surface area contributed by atoms with Gasteiger partial charge in [-0.05, 0) is 79.1 Å². The minimum atomic E-state index is -0.877. The van der Waals surface area contributed by atoms with Gasteiger partial charge in [-0.1, -0.05) is 18.2 Å². The van der Waals surface area contributed by atoms with E-state index < -0.39 is 11.8 Å². The molecule has 2 rings (SSSR count). The molecule has 0 saturated heterocycles. The van der Waals surface area contributed by atoms with Gasteiger partial charge in [0, 0.05) is 18.8 Å². The summed E-state index contributed by atoms with van der Waals surface area (Å²) >= 11 is 2.05. The fourth-order valence-electron chi connectivity index (χ4n) is 2.88. The first-order chi connectivity index (χ1) is 17.2. The smallest absolute Gasteiger partial charge is 0.329 e. The second-order valence-electron chi connectivity index (χ2n) is 7.91. The minimum Gasteiger partial charge on any atom is -0.493 e. The quantitative estimate of drug-likeness (QED) is 0.112. The van der Waals surface area contributed by atoms with Gasteiger partial charge >= 0.3 is 11.8 Å². The van der Waals surface area contributed by atoms with Crippen molar-refractivity contribution in [2.24, 2.45) is 5.10 Å². The molecule has 194 valence electrons. The van der Waals surface area contributed by atoms with Gasteiger partial charge in [-0.2, -0.15) is 5.10 Å². The van der Waals surface area contributed by atoms with E-state index in [0.717, 1.165) is 11.3 Å². The summed E-state index contributed by atoms with van der Waals surface area (Å²) in [4.78, 5) is 36.1. The molecule has 11 heteroatoms. The van der Waals surface area contributed by atoms with Gasteiger partial charge in [0.15, 0.2) is 18.1 Å². The normalized spacial score (nSPS) is 10.8. The summed E-state index contributed by atoms with van der Waals surface area (Å²) < 4.78 is 17.2. The van der Waals surface area contributed by atoms with Crippen LogP contribution in [0.4, 0.5) is 5.69 Å². The number of hydrogen-bond acceptors (Lipinski definition) is 7. The average molecular weight is 610 g/mol. The van der Waals surface area contributed by atoms with Gasteiger partial charge < -0.3 is 24.8 Å². The minimum absolute atomic E-state index is 0.115. The van der Waals surface area contributed by atoms with Crippen molar-refractivity contribution < 1.29 is 28.6 Å². The van der Waals surface area contributed by atoms with Crippen LogP contribution < -0.4 is 25.5 Å². The van der Waals surface area contributed by atoms with Crippen molar-refractivity contribution in [1.29, 1.82) is 0 Å². The Kier molecular flexibility index (Phi) is 12.1. The Morgan fingerprint density at radius 1 is 1.14 bits per heavy atom. The monoisotopic (exact) mass is 610 g/mol. The average Bonchev–Trinajstić information content (AvgIpc) is 2.83. The lowest BCUT2D eigenvalue weighted by molar-refractivity contribution is -0.139. The van der Waals surface area contributed by atoms with Crippen molar-refractivity contribution in [3.63, 3.8) is 0 Å². The van der Waals surface area contributed by atoms with Gasteiger partial charge in [0.2, 0.25) is 0 Å². The number of carbonyl (C=O) groups excluding carboxylic acids is 3. The van der Waals surface area contributed by atoms with E-state index in [1.807, 2.05) is 45.0 Å². The zero-order valence-electron chi connectivity index (χ0n) is 20.7. The number of nitrogens with one attached hydrogen (secondary N) is 3. The van der Waals surface area contributed by atoms with Crippen molar-refractivity contribution in [3.05, 3.63) is 51.1 Å². The number of para-hydroxylation sites is 1. The van der Waals surface area contributed by atoms with E-state index in [0.29, 0.717) is 40.2 Å². The second-order valence-corrected chi connectivity index (χ2v) is 9.08. The highest BCUT2D eigenvalue weighted by molar-refractivity contribution is 14.1. The van der Waals surface area contributed by atoms with Crippen LogP contribution in [-0.4, -0.2) is 56.9 Å². The Bertz CT molecular complexity index is 1090. The number of benzene rings is 2. The number of rotatable bonds is 12. The Hall–Kier alpha value is -3.19. The summed E-state index contributed by atoms with van der Waals surface area (Å²) in [6, 6.07) is 10.8. The third kappa shape index (κ3) is 9.82. The van der Waals surface area contributed by atoms with Crippen LogP contribution in [0.15, 0.2) is 41.5 Å². The summed E-state index contributed by atoms with van der Waals surface area (Å²) in [5, 5.41) is 9.15. The Labute approximate surface area is 224 Å². The van der Waals surface area contributed by atoms with E-state index in [2.05, 4.69) is 43.8 Å². The molecule has 10 nitrogen and oxygen atoms in total. The van der Waals surface area contributed by atoms with E-state index in [1.165, 1.54) is 13.3 Å². The molecule has 2 aromatic rings. The molecule has 0 saturated carbocycles. The number of methoxy groups -OCH3 is 1. The van der Waals surface area contributed by atoms with Crippen LogP contribution in [0.5, 0.6) is 11.5 Å².